The number of rotatable bonds is 3. The number of likely N-dealkylation sites (tertiary alicyclic amines) is 1. The number of hydrogen-bond acceptors (Lipinski definition) is 5. The van der Waals surface area contributed by atoms with Crippen LogP contribution in [0.4, 0.5) is 0 Å². The van der Waals surface area contributed by atoms with Crippen molar-refractivity contribution >= 4 is 23.6 Å². The summed E-state index contributed by atoms with van der Waals surface area (Å²) >= 11 is 0. The monoisotopic (exact) mass is 371 g/mol. The Morgan fingerprint density at radius 1 is 1.00 bits per heavy atom. The Hall–Kier alpha value is -2.74. The summed E-state index contributed by atoms with van der Waals surface area (Å²) in [6.45, 7) is 2.18. The average molecular weight is 371 g/mol. The number of morpholine rings is 1. The van der Waals surface area contributed by atoms with Crippen LogP contribution in [0.2, 0.25) is 0 Å². The van der Waals surface area contributed by atoms with Gasteiger partial charge in [0.1, 0.15) is 12.6 Å². The van der Waals surface area contributed by atoms with Crippen LogP contribution in [0, 0.1) is 0 Å². The van der Waals surface area contributed by atoms with E-state index in [0.29, 0.717) is 50.4 Å². The largest absolute Gasteiger partial charge is 0.378 e. The molecular formula is C19H21N3O5. The lowest BCUT2D eigenvalue weighted by molar-refractivity contribution is -0.146. The van der Waals surface area contributed by atoms with Gasteiger partial charge in [0.15, 0.2) is 0 Å². The van der Waals surface area contributed by atoms with Crippen LogP contribution in [0.25, 0.3) is 0 Å². The van der Waals surface area contributed by atoms with Crippen LogP contribution in [-0.4, -0.2) is 83.8 Å². The zero-order valence-corrected chi connectivity index (χ0v) is 14.9. The van der Waals surface area contributed by atoms with E-state index in [-0.39, 0.29) is 18.4 Å². The Labute approximate surface area is 156 Å². The van der Waals surface area contributed by atoms with E-state index in [2.05, 4.69) is 0 Å². The minimum atomic E-state index is -0.522. The first-order valence-corrected chi connectivity index (χ1v) is 9.19. The van der Waals surface area contributed by atoms with Crippen LogP contribution in [-0.2, 0) is 14.3 Å². The molecule has 1 atom stereocenters. The SMILES string of the molecule is O=C([C@@H]1CCCN1C(=O)CN1C(=O)c2ccccc2C1=O)N1CCOCC1. The van der Waals surface area contributed by atoms with E-state index in [1.807, 2.05) is 0 Å². The number of fused-ring (bicyclic) bond motifs is 1. The number of imide groups is 1. The van der Waals surface area contributed by atoms with Crippen LogP contribution in [0.5, 0.6) is 0 Å². The predicted octanol–water partition coefficient (Wildman–Crippen LogP) is 0.132. The molecule has 8 heteroatoms. The lowest BCUT2D eigenvalue weighted by Crippen LogP contribution is -2.53. The van der Waals surface area contributed by atoms with Gasteiger partial charge in [0.25, 0.3) is 11.8 Å². The molecule has 2 saturated heterocycles. The minimum absolute atomic E-state index is 0.0773. The van der Waals surface area contributed by atoms with Gasteiger partial charge in [-0.25, -0.2) is 0 Å². The number of ether oxygens (including phenoxy) is 1. The summed E-state index contributed by atoms with van der Waals surface area (Å²) in [6, 6.07) is 6.02. The first-order valence-electron chi connectivity index (χ1n) is 9.19. The molecule has 1 aromatic rings. The normalized spacial score (nSPS) is 22.4. The molecule has 8 nitrogen and oxygen atoms in total. The molecule has 3 heterocycles. The second kappa shape index (κ2) is 7.11. The summed E-state index contributed by atoms with van der Waals surface area (Å²) in [4.78, 5) is 54.8. The van der Waals surface area contributed by atoms with E-state index in [4.69, 9.17) is 4.74 Å². The van der Waals surface area contributed by atoms with Gasteiger partial charge in [0.2, 0.25) is 11.8 Å². The molecule has 0 unspecified atom stereocenters. The molecule has 0 N–H and O–H groups in total. The molecule has 0 aromatic heterocycles. The third-order valence-electron chi connectivity index (χ3n) is 5.35. The fourth-order valence-electron chi connectivity index (χ4n) is 3.93. The van der Waals surface area contributed by atoms with Crippen molar-refractivity contribution in [2.45, 2.75) is 18.9 Å². The topological polar surface area (TPSA) is 87.2 Å². The van der Waals surface area contributed by atoms with Gasteiger partial charge in [-0.1, -0.05) is 12.1 Å². The van der Waals surface area contributed by atoms with Gasteiger partial charge in [-0.15, -0.1) is 0 Å². The van der Waals surface area contributed by atoms with E-state index in [9.17, 15) is 19.2 Å². The van der Waals surface area contributed by atoms with Gasteiger partial charge in [-0.2, -0.15) is 0 Å². The van der Waals surface area contributed by atoms with Gasteiger partial charge in [0, 0.05) is 19.6 Å². The van der Waals surface area contributed by atoms with E-state index in [1.54, 1.807) is 29.2 Å². The van der Waals surface area contributed by atoms with E-state index in [0.717, 1.165) is 11.3 Å². The third kappa shape index (κ3) is 3.10. The first kappa shape index (κ1) is 17.7. The van der Waals surface area contributed by atoms with E-state index >= 15 is 0 Å². The second-order valence-electron chi connectivity index (χ2n) is 6.92. The molecule has 3 aliphatic rings. The Morgan fingerprint density at radius 2 is 1.63 bits per heavy atom. The highest BCUT2D eigenvalue weighted by atomic mass is 16.5. The summed E-state index contributed by atoms with van der Waals surface area (Å²) in [7, 11) is 0. The van der Waals surface area contributed by atoms with Gasteiger partial charge in [-0.05, 0) is 25.0 Å². The lowest BCUT2D eigenvalue weighted by Gasteiger charge is -2.33. The number of amides is 4. The van der Waals surface area contributed by atoms with Crippen LogP contribution < -0.4 is 0 Å². The molecule has 142 valence electrons. The minimum Gasteiger partial charge on any atom is -0.378 e. The first-order chi connectivity index (χ1) is 13.1. The summed E-state index contributed by atoms with van der Waals surface area (Å²) in [5, 5.41) is 0. The Kier molecular flexibility index (Phi) is 4.65. The van der Waals surface area contributed by atoms with Gasteiger partial charge >= 0.3 is 0 Å². The highest BCUT2D eigenvalue weighted by Crippen LogP contribution is 2.24. The lowest BCUT2D eigenvalue weighted by atomic mass is 10.1. The molecule has 4 rings (SSSR count). The number of benzene rings is 1. The predicted molar refractivity (Wildman–Crippen MR) is 93.9 cm³/mol. The Morgan fingerprint density at radius 3 is 2.26 bits per heavy atom. The molecule has 4 amide bonds. The maximum Gasteiger partial charge on any atom is 0.262 e. The molecule has 1 aromatic carbocycles. The van der Waals surface area contributed by atoms with Crippen molar-refractivity contribution in [1.82, 2.24) is 14.7 Å². The number of hydrogen-bond donors (Lipinski definition) is 0. The summed E-state index contributed by atoms with van der Waals surface area (Å²) in [5.74, 6) is -1.36. The zero-order valence-electron chi connectivity index (χ0n) is 14.9. The second-order valence-corrected chi connectivity index (χ2v) is 6.92. The average Bonchev–Trinajstić information content (AvgIpc) is 3.28. The van der Waals surface area contributed by atoms with Crippen molar-refractivity contribution in [2.24, 2.45) is 0 Å². The molecule has 2 fully saturated rings. The maximum absolute atomic E-state index is 12.8. The highest BCUT2D eigenvalue weighted by Gasteiger charge is 2.41. The summed E-state index contributed by atoms with van der Waals surface area (Å²) in [6.07, 6.45) is 1.33. The van der Waals surface area contributed by atoms with Crippen molar-refractivity contribution in [3.05, 3.63) is 35.4 Å². The van der Waals surface area contributed by atoms with Gasteiger partial charge in [-0.3, -0.25) is 24.1 Å². The van der Waals surface area contributed by atoms with Crippen molar-refractivity contribution in [3.8, 4) is 0 Å². The Bertz CT molecular complexity index is 767. The molecule has 3 aliphatic heterocycles. The molecule has 0 saturated carbocycles. The van der Waals surface area contributed by atoms with Crippen molar-refractivity contribution in [3.63, 3.8) is 0 Å². The number of nitrogens with zero attached hydrogens (tertiary/aromatic N) is 3. The van der Waals surface area contributed by atoms with Crippen LogP contribution >= 0.6 is 0 Å². The molecule has 27 heavy (non-hydrogen) atoms. The van der Waals surface area contributed by atoms with Crippen LogP contribution in [0.1, 0.15) is 33.6 Å². The van der Waals surface area contributed by atoms with Gasteiger partial charge < -0.3 is 14.5 Å². The smallest absolute Gasteiger partial charge is 0.262 e. The Balaban J connectivity index is 1.46. The maximum atomic E-state index is 12.8. The molecule has 0 bridgehead atoms. The quantitative estimate of drug-likeness (QED) is 0.705. The summed E-state index contributed by atoms with van der Waals surface area (Å²) in [5.41, 5.74) is 0.635. The zero-order chi connectivity index (χ0) is 19.0. The third-order valence-corrected chi connectivity index (χ3v) is 5.35. The highest BCUT2D eigenvalue weighted by molar-refractivity contribution is 6.22. The fourth-order valence-corrected chi connectivity index (χ4v) is 3.93. The number of carbonyl (C=O) groups is 4. The molecule has 0 aliphatic carbocycles. The van der Waals surface area contributed by atoms with Crippen molar-refractivity contribution < 1.29 is 23.9 Å². The van der Waals surface area contributed by atoms with E-state index in [1.165, 1.54) is 4.90 Å². The summed E-state index contributed by atoms with van der Waals surface area (Å²) < 4.78 is 5.27. The molecule has 0 radical (unpaired) electrons. The fraction of sp³-hybridized carbons (Fsp3) is 0.474. The standard InChI is InChI=1S/C19H21N3O5/c23-16(12-22-17(24)13-4-1-2-5-14(13)18(22)25)21-7-3-6-15(21)19(26)20-8-10-27-11-9-20/h1-2,4-5,15H,3,6-12H2/t15-/m0/s1. The molecular weight excluding hydrogens is 350 g/mol. The van der Waals surface area contributed by atoms with Gasteiger partial charge in [0.05, 0.1) is 24.3 Å². The molecule has 0 spiro atoms. The van der Waals surface area contributed by atoms with E-state index < -0.39 is 17.9 Å². The van der Waals surface area contributed by atoms with Crippen LogP contribution in [0.15, 0.2) is 24.3 Å². The van der Waals surface area contributed by atoms with Crippen molar-refractivity contribution in [1.29, 1.82) is 0 Å². The van der Waals surface area contributed by atoms with Crippen molar-refractivity contribution in [2.75, 3.05) is 39.4 Å². The number of carbonyl (C=O) groups excluding carboxylic acids is 4. The van der Waals surface area contributed by atoms with Crippen LogP contribution in [0.3, 0.4) is 0 Å².